The lowest BCUT2D eigenvalue weighted by atomic mass is 10.1. The predicted molar refractivity (Wildman–Crippen MR) is 79.3 cm³/mol. The first-order valence-electron chi connectivity index (χ1n) is 6.11. The Bertz CT molecular complexity index is 650. The maximum atomic E-state index is 11.1. The third-order valence-electron chi connectivity index (χ3n) is 2.98. The molecule has 0 aliphatic rings. The van der Waals surface area contributed by atoms with Crippen molar-refractivity contribution >= 4 is 23.0 Å². The zero-order chi connectivity index (χ0) is 14.9. The summed E-state index contributed by atoms with van der Waals surface area (Å²) < 4.78 is 0. The van der Waals surface area contributed by atoms with Crippen molar-refractivity contribution in [2.45, 2.75) is 13.8 Å². The van der Waals surface area contributed by atoms with Crippen molar-refractivity contribution in [2.24, 2.45) is 0 Å². The summed E-state index contributed by atoms with van der Waals surface area (Å²) in [6, 6.07) is 8.73. The minimum absolute atomic E-state index is 0.0686. The third-order valence-corrected chi connectivity index (χ3v) is 2.98. The molecule has 6 heteroatoms. The molecule has 2 aromatic rings. The van der Waals surface area contributed by atoms with E-state index in [9.17, 15) is 10.1 Å². The van der Waals surface area contributed by atoms with Crippen LogP contribution in [0.25, 0.3) is 0 Å². The van der Waals surface area contributed by atoms with Crippen LogP contribution in [-0.2, 0) is 0 Å². The maximum Gasteiger partial charge on any atom is 0.312 e. The monoisotopic (exact) mass is 272 g/mol. The number of aromatic nitrogens is 1. The Morgan fingerprint density at radius 2 is 1.80 bits per heavy atom. The fourth-order valence-corrected chi connectivity index (χ4v) is 2.11. The molecule has 6 nitrogen and oxygen atoms in total. The predicted octanol–water partition coefficient (Wildman–Crippen LogP) is 2.96. The molecule has 0 unspecified atom stereocenters. The van der Waals surface area contributed by atoms with Crippen molar-refractivity contribution < 1.29 is 4.92 Å². The summed E-state index contributed by atoms with van der Waals surface area (Å²) in [6.07, 6.45) is 0. The summed E-state index contributed by atoms with van der Waals surface area (Å²) in [5.74, 6) is 0.488. The lowest BCUT2D eigenvalue weighted by molar-refractivity contribution is -0.384. The molecule has 0 aliphatic carbocycles. The average Bonchev–Trinajstić information content (AvgIpc) is 2.36. The molecule has 2 N–H and O–H groups in total. The molecule has 1 heterocycles. The molecule has 104 valence electrons. The topological polar surface area (TPSA) is 85.3 Å². The Labute approximate surface area is 117 Å². The van der Waals surface area contributed by atoms with Gasteiger partial charge >= 0.3 is 5.69 Å². The normalized spacial score (nSPS) is 10.3. The van der Waals surface area contributed by atoms with Crippen LogP contribution in [0, 0.1) is 24.0 Å². The Morgan fingerprint density at radius 1 is 1.20 bits per heavy atom. The van der Waals surface area contributed by atoms with E-state index >= 15 is 0 Å². The van der Waals surface area contributed by atoms with Gasteiger partial charge < -0.3 is 10.6 Å². The first-order valence-corrected chi connectivity index (χ1v) is 6.11. The summed E-state index contributed by atoms with van der Waals surface area (Å²) in [7, 11) is 1.74. The molecule has 0 aliphatic heterocycles. The van der Waals surface area contributed by atoms with Gasteiger partial charge in [-0.3, -0.25) is 10.1 Å². The Morgan fingerprint density at radius 3 is 2.35 bits per heavy atom. The van der Waals surface area contributed by atoms with Gasteiger partial charge in [0.2, 0.25) is 5.82 Å². The molecule has 2 rings (SSSR count). The lowest BCUT2D eigenvalue weighted by Gasteiger charge is -2.19. The first-order chi connectivity index (χ1) is 9.38. The number of nitrogens with two attached hydrogens (primary N) is 1. The smallest absolute Gasteiger partial charge is 0.312 e. The van der Waals surface area contributed by atoms with Crippen LogP contribution in [0.1, 0.15) is 11.1 Å². The minimum Gasteiger partial charge on any atom is -0.384 e. The van der Waals surface area contributed by atoms with Crippen molar-refractivity contribution in [3.05, 3.63) is 51.6 Å². The van der Waals surface area contributed by atoms with E-state index in [2.05, 4.69) is 4.98 Å². The van der Waals surface area contributed by atoms with E-state index in [1.807, 2.05) is 32.0 Å². The Kier molecular flexibility index (Phi) is 3.56. The quantitative estimate of drug-likeness (QED) is 0.685. The van der Waals surface area contributed by atoms with Gasteiger partial charge in [-0.15, -0.1) is 0 Å². The molecule has 0 saturated heterocycles. The van der Waals surface area contributed by atoms with Crippen LogP contribution in [-0.4, -0.2) is 17.0 Å². The van der Waals surface area contributed by atoms with Crippen molar-refractivity contribution in [3.8, 4) is 0 Å². The number of hydrogen-bond acceptors (Lipinski definition) is 5. The second-order valence-electron chi connectivity index (χ2n) is 4.74. The van der Waals surface area contributed by atoms with Crippen LogP contribution in [0.2, 0.25) is 0 Å². The zero-order valence-corrected chi connectivity index (χ0v) is 11.6. The number of nitro groups is 1. The number of benzene rings is 1. The van der Waals surface area contributed by atoms with Crippen LogP contribution < -0.4 is 10.6 Å². The van der Waals surface area contributed by atoms with Crippen LogP contribution in [0.4, 0.5) is 23.0 Å². The average molecular weight is 272 g/mol. The van der Waals surface area contributed by atoms with Gasteiger partial charge in [0.25, 0.3) is 0 Å². The standard InChI is InChI=1S/C14H16N4O2/c1-9-6-10(2)8-11(7-9)17(3)14-12(18(19)20)4-5-13(15)16-14/h4-8H,1-3H3,(H2,15,16). The molecular weight excluding hydrogens is 256 g/mol. The van der Waals surface area contributed by atoms with Crippen LogP contribution in [0.5, 0.6) is 0 Å². The fourth-order valence-electron chi connectivity index (χ4n) is 2.11. The van der Waals surface area contributed by atoms with Crippen molar-refractivity contribution in [1.29, 1.82) is 0 Å². The molecule has 0 bridgehead atoms. The highest BCUT2D eigenvalue weighted by molar-refractivity contribution is 5.70. The molecule has 0 amide bonds. The van der Waals surface area contributed by atoms with Crippen LogP contribution in [0.15, 0.2) is 30.3 Å². The molecule has 20 heavy (non-hydrogen) atoms. The number of pyridine rings is 1. The van der Waals surface area contributed by atoms with E-state index in [4.69, 9.17) is 5.73 Å². The summed E-state index contributed by atoms with van der Waals surface area (Å²) >= 11 is 0. The summed E-state index contributed by atoms with van der Waals surface area (Å²) in [4.78, 5) is 16.4. The van der Waals surface area contributed by atoms with Gasteiger partial charge in [-0.2, -0.15) is 0 Å². The molecule has 1 aromatic heterocycles. The number of hydrogen-bond donors (Lipinski definition) is 1. The summed E-state index contributed by atoms with van der Waals surface area (Å²) in [5, 5.41) is 11.1. The summed E-state index contributed by atoms with van der Waals surface area (Å²) in [5.41, 5.74) is 8.57. The highest BCUT2D eigenvalue weighted by Crippen LogP contribution is 2.32. The SMILES string of the molecule is Cc1cc(C)cc(N(C)c2nc(N)ccc2[N+](=O)[O-])c1. The van der Waals surface area contributed by atoms with E-state index in [-0.39, 0.29) is 17.3 Å². The Balaban J connectivity index is 2.54. The van der Waals surface area contributed by atoms with Gasteiger partial charge in [0.05, 0.1) is 4.92 Å². The number of anilines is 3. The van der Waals surface area contributed by atoms with E-state index < -0.39 is 4.92 Å². The van der Waals surface area contributed by atoms with Crippen LogP contribution >= 0.6 is 0 Å². The molecule has 0 atom stereocenters. The first kappa shape index (κ1) is 13.8. The van der Waals surface area contributed by atoms with Gasteiger partial charge in [-0.1, -0.05) is 6.07 Å². The van der Waals surface area contributed by atoms with Gasteiger partial charge in [0.15, 0.2) is 0 Å². The minimum atomic E-state index is -0.457. The van der Waals surface area contributed by atoms with E-state index in [1.165, 1.54) is 12.1 Å². The molecule has 0 fully saturated rings. The largest absolute Gasteiger partial charge is 0.384 e. The zero-order valence-electron chi connectivity index (χ0n) is 11.6. The van der Waals surface area contributed by atoms with Crippen molar-refractivity contribution in [2.75, 3.05) is 17.7 Å². The number of rotatable bonds is 3. The van der Waals surface area contributed by atoms with Crippen LogP contribution in [0.3, 0.4) is 0 Å². The number of aryl methyl sites for hydroxylation is 2. The highest BCUT2D eigenvalue weighted by Gasteiger charge is 2.20. The van der Waals surface area contributed by atoms with Gasteiger partial charge in [-0.25, -0.2) is 4.98 Å². The van der Waals surface area contributed by atoms with E-state index in [0.29, 0.717) is 0 Å². The number of nitrogens with zero attached hydrogens (tertiary/aromatic N) is 3. The lowest BCUT2D eigenvalue weighted by Crippen LogP contribution is -2.14. The fraction of sp³-hybridized carbons (Fsp3) is 0.214. The second-order valence-corrected chi connectivity index (χ2v) is 4.74. The molecule has 0 radical (unpaired) electrons. The molecular formula is C14H16N4O2. The van der Waals surface area contributed by atoms with E-state index in [1.54, 1.807) is 11.9 Å². The molecule has 1 aromatic carbocycles. The van der Waals surface area contributed by atoms with E-state index in [0.717, 1.165) is 16.8 Å². The van der Waals surface area contributed by atoms with Gasteiger partial charge in [-0.05, 0) is 43.2 Å². The highest BCUT2D eigenvalue weighted by atomic mass is 16.6. The second kappa shape index (κ2) is 5.16. The number of nitrogen functional groups attached to an aromatic ring is 1. The molecule has 0 saturated carbocycles. The maximum absolute atomic E-state index is 11.1. The summed E-state index contributed by atoms with van der Waals surface area (Å²) in [6.45, 7) is 3.96. The van der Waals surface area contributed by atoms with Gasteiger partial charge in [0, 0.05) is 18.8 Å². The third kappa shape index (κ3) is 2.69. The van der Waals surface area contributed by atoms with Crippen molar-refractivity contribution in [1.82, 2.24) is 4.98 Å². The molecule has 0 spiro atoms. The van der Waals surface area contributed by atoms with Gasteiger partial charge in [0.1, 0.15) is 5.82 Å². The Hall–Kier alpha value is -2.63. The van der Waals surface area contributed by atoms with Crippen molar-refractivity contribution in [3.63, 3.8) is 0 Å².